The Kier molecular flexibility index (Phi) is 7.76. The number of aliphatic carboxylic acids is 1. The Bertz CT molecular complexity index is 132. The summed E-state index contributed by atoms with van der Waals surface area (Å²) < 4.78 is 0. The molecule has 1 N–H and O–H groups in total. The number of hydrogen-bond acceptors (Lipinski definition) is 1. The summed E-state index contributed by atoms with van der Waals surface area (Å²) in [6.07, 6.45) is 7.73. The number of rotatable bonds is 8. The van der Waals surface area contributed by atoms with Gasteiger partial charge in [-0.15, -0.1) is 0 Å². The average Bonchev–Trinajstić information content (AvgIpc) is 2.02. The molecule has 0 heterocycles. The largest absolute Gasteiger partial charge is 0.481 e. The maximum Gasteiger partial charge on any atom is 0.303 e. The monoisotopic (exact) mass is 186 g/mol. The minimum atomic E-state index is -0.666. The van der Waals surface area contributed by atoms with Gasteiger partial charge in [-0.05, 0) is 5.92 Å². The summed E-state index contributed by atoms with van der Waals surface area (Å²) in [5.74, 6) is -0.319. The van der Waals surface area contributed by atoms with Gasteiger partial charge in [-0.2, -0.15) is 0 Å². The van der Waals surface area contributed by atoms with Crippen LogP contribution in [0.2, 0.25) is 0 Å². The zero-order valence-corrected chi connectivity index (χ0v) is 8.88. The molecule has 0 radical (unpaired) electrons. The molecular weight excluding hydrogens is 164 g/mol. The molecular formula is C11H22O2. The lowest BCUT2D eigenvalue weighted by molar-refractivity contribution is -0.138. The smallest absolute Gasteiger partial charge is 0.303 e. The van der Waals surface area contributed by atoms with Crippen molar-refractivity contribution >= 4 is 5.97 Å². The van der Waals surface area contributed by atoms with Crippen LogP contribution in [-0.4, -0.2) is 11.1 Å². The second-order valence-corrected chi connectivity index (χ2v) is 3.91. The lowest BCUT2D eigenvalue weighted by Gasteiger charge is -2.07. The van der Waals surface area contributed by atoms with Crippen molar-refractivity contribution in [3.05, 3.63) is 0 Å². The fourth-order valence-corrected chi connectivity index (χ4v) is 1.50. The number of unbranched alkanes of at least 4 members (excludes halogenated alkanes) is 4. The minimum Gasteiger partial charge on any atom is -0.481 e. The quantitative estimate of drug-likeness (QED) is 0.589. The minimum absolute atomic E-state index is 0.327. The first-order valence-electron chi connectivity index (χ1n) is 5.38. The van der Waals surface area contributed by atoms with E-state index in [1.807, 2.05) is 6.92 Å². The van der Waals surface area contributed by atoms with Crippen molar-refractivity contribution in [3.8, 4) is 0 Å². The molecule has 0 saturated carbocycles. The molecule has 78 valence electrons. The van der Waals surface area contributed by atoms with Crippen LogP contribution in [0.3, 0.4) is 0 Å². The normalized spacial score (nSPS) is 12.8. The van der Waals surface area contributed by atoms with Crippen molar-refractivity contribution in [2.24, 2.45) is 5.92 Å². The van der Waals surface area contributed by atoms with E-state index in [-0.39, 0.29) is 0 Å². The van der Waals surface area contributed by atoms with Crippen LogP contribution in [0, 0.1) is 5.92 Å². The Labute approximate surface area is 81.3 Å². The molecule has 0 rings (SSSR count). The molecule has 2 heteroatoms. The van der Waals surface area contributed by atoms with Gasteiger partial charge in [0.05, 0.1) is 0 Å². The third kappa shape index (κ3) is 9.38. The van der Waals surface area contributed by atoms with E-state index in [4.69, 9.17) is 5.11 Å². The maximum atomic E-state index is 10.3. The van der Waals surface area contributed by atoms with Crippen molar-refractivity contribution in [1.29, 1.82) is 0 Å². The lowest BCUT2D eigenvalue weighted by atomic mass is 9.99. The second kappa shape index (κ2) is 8.09. The zero-order chi connectivity index (χ0) is 10.1. The predicted molar refractivity (Wildman–Crippen MR) is 54.8 cm³/mol. The highest BCUT2D eigenvalue weighted by atomic mass is 16.4. The Morgan fingerprint density at radius 1 is 1.23 bits per heavy atom. The molecule has 0 aromatic carbocycles. The van der Waals surface area contributed by atoms with Crippen molar-refractivity contribution in [2.75, 3.05) is 0 Å². The lowest BCUT2D eigenvalue weighted by Crippen LogP contribution is -2.03. The summed E-state index contributed by atoms with van der Waals surface area (Å²) >= 11 is 0. The number of carboxylic acid groups (broad SMARTS) is 1. The van der Waals surface area contributed by atoms with E-state index in [0.717, 1.165) is 6.42 Å². The van der Waals surface area contributed by atoms with Crippen LogP contribution < -0.4 is 0 Å². The number of carboxylic acids is 1. The van der Waals surface area contributed by atoms with Crippen LogP contribution in [0.1, 0.15) is 58.8 Å². The summed E-state index contributed by atoms with van der Waals surface area (Å²) in [6.45, 7) is 4.22. The Morgan fingerprint density at radius 2 is 1.85 bits per heavy atom. The van der Waals surface area contributed by atoms with Crippen molar-refractivity contribution < 1.29 is 9.90 Å². The Morgan fingerprint density at radius 3 is 2.38 bits per heavy atom. The van der Waals surface area contributed by atoms with E-state index < -0.39 is 5.97 Å². The fourth-order valence-electron chi connectivity index (χ4n) is 1.50. The summed E-state index contributed by atoms with van der Waals surface area (Å²) in [7, 11) is 0. The van der Waals surface area contributed by atoms with Crippen LogP contribution in [0.4, 0.5) is 0 Å². The Balaban J connectivity index is 3.17. The van der Waals surface area contributed by atoms with Gasteiger partial charge in [0.1, 0.15) is 0 Å². The predicted octanol–water partition coefficient (Wildman–Crippen LogP) is 3.46. The summed E-state index contributed by atoms with van der Waals surface area (Å²) in [4.78, 5) is 10.3. The molecule has 0 aliphatic rings. The fraction of sp³-hybridized carbons (Fsp3) is 0.909. The van der Waals surface area contributed by atoms with E-state index in [9.17, 15) is 4.79 Å². The van der Waals surface area contributed by atoms with Gasteiger partial charge in [0.25, 0.3) is 0 Å². The Hall–Kier alpha value is -0.530. The van der Waals surface area contributed by atoms with E-state index in [2.05, 4.69) is 6.92 Å². The van der Waals surface area contributed by atoms with Crippen molar-refractivity contribution in [3.63, 3.8) is 0 Å². The average molecular weight is 186 g/mol. The van der Waals surface area contributed by atoms with Crippen LogP contribution in [0.5, 0.6) is 0 Å². The molecule has 13 heavy (non-hydrogen) atoms. The van der Waals surface area contributed by atoms with E-state index in [0.29, 0.717) is 12.3 Å². The molecule has 1 atom stereocenters. The molecule has 0 aliphatic carbocycles. The molecule has 2 nitrogen and oxygen atoms in total. The summed E-state index contributed by atoms with van der Waals surface area (Å²) in [5.41, 5.74) is 0. The first kappa shape index (κ1) is 12.5. The summed E-state index contributed by atoms with van der Waals surface area (Å²) in [5, 5.41) is 8.52. The third-order valence-corrected chi connectivity index (χ3v) is 2.32. The van der Waals surface area contributed by atoms with Crippen LogP contribution >= 0.6 is 0 Å². The molecule has 0 aliphatic heterocycles. The van der Waals surface area contributed by atoms with Gasteiger partial charge in [0.2, 0.25) is 0 Å². The van der Waals surface area contributed by atoms with Gasteiger partial charge in [-0.3, -0.25) is 4.79 Å². The molecule has 0 aromatic heterocycles. The van der Waals surface area contributed by atoms with E-state index in [1.54, 1.807) is 0 Å². The van der Waals surface area contributed by atoms with Gasteiger partial charge >= 0.3 is 5.97 Å². The second-order valence-electron chi connectivity index (χ2n) is 3.91. The maximum absolute atomic E-state index is 10.3. The SMILES string of the molecule is CCCCCCC[C@H](C)CC(=O)O. The van der Waals surface area contributed by atoms with E-state index >= 15 is 0 Å². The molecule has 0 unspecified atom stereocenters. The highest BCUT2D eigenvalue weighted by Gasteiger charge is 2.06. The zero-order valence-electron chi connectivity index (χ0n) is 8.88. The number of carbonyl (C=O) groups is 1. The van der Waals surface area contributed by atoms with E-state index in [1.165, 1.54) is 32.1 Å². The van der Waals surface area contributed by atoms with Gasteiger partial charge in [0.15, 0.2) is 0 Å². The molecule has 0 bridgehead atoms. The van der Waals surface area contributed by atoms with Crippen LogP contribution in [-0.2, 0) is 4.79 Å². The summed E-state index contributed by atoms with van der Waals surface area (Å²) in [6, 6.07) is 0. The van der Waals surface area contributed by atoms with Gasteiger partial charge in [-0.1, -0.05) is 52.4 Å². The van der Waals surface area contributed by atoms with Gasteiger partial charge in [0, 0.05) is 6.42 Å². The first-order chi connectivity index (χ1) is 6.16. The molecule has 0 saturated heterocycles. The highest BCUT2D eigenvalue weighted by molar-refractivity contribution is 5.66. The standard InChI is InChI=1S/C11H22O2/c1-3-4-5-6-7-8-10(2)9-11(12)13/h10H,3-9H2,1-2H3,(H,12,13)/t10-/m0/s1. The van der Waals surface area contributed by atoms with Crippen molar-refractivity contribution in [2.45, 2.75) is 58.8 Å². The van der Waals surface area contributed by atoms with Crippen LogP contribution in [0.15, 0.2) is 0 Å². The van der Waals surface area contributed by atoms with Crippen molar-refractivity contribution in [1.82, 2.24) is 0 Å². The highest BCUT2D eigenvalue weighted by Crippen LogP contribution is 2.13. The molecule has 0 aromatic rings. The van der Waals surface area contributed by atoms with Crippen LogP contribution in [0.25, 0.3) is 0 Å². The topological polar surface area (TPSA) is 37.3 Å². The molecule has 0 amide bonds. The molecule has 0 spiro atoms. The third-order valence-electron chi connectivity index (χ3n) is 2.32. The molecule has 0 fully saturated rings. The first-order valence-corrected chi connectivity index (χ1v) is 5.38. The number of hydrogen-bond donors (Lipinski definition) is 1. The van der Waals surface area contributed by atoms with Gasteiger partial charge in [-0.25, -0.2) is 0 Å². The van der Waals surface area contributed by atoms with Gasteiger partial charge < -0.3 is 5.11 Å².